The van der Waals surface area contributed by atoms with Gasteiger partial charge in [0, 0.05) is 22.5 Å². The number of anilines is 3. The predicted octanol–water partition coefficient (Wildman–Crippen LogP) is 9.64. The summed E-state index contributed by atoms with van der Waals surface area (Å²) < 4.78 is 13.5. The van der Waals surface area contributed by atoms with E-state index in [0.29, 0.717) is 11.8 Å². The Bertz CT molecular complexity index is 2430. The Morgan fingerprint density at radius 2 is 1.23 bits per heavy atom. The quantitative estimate of drug-likeness (QED) is 0.174. The molecule has 10 rings (SSSR count). The Balaban J connectivity index is 1.15. The summed E-state index contributed by atoms with van der Waals surface area (Å²) in [5.41, 5.74) is 15.7. The zero-order valence-electron chi connectivity index (χ0n) is 31.0. The third-order valence-corrected chi connectivity index (χ3v) is 12.5. The van der Waals surface area contributed by atoms with Gasteiger partial charge in [0.25, 0.3) is 6.71 Å². The summed E-state index contributed by atoms with van der Waals surface area (Å²) in [5.74, 6) is 2.97. The van der Waals surface area contributed by atoms with Gasteiger partial charge in [-0.2, -0.15) is 0 Å². The van der Waals surface area contributed by atoms with Crippen LogP contribution in [0.3, 0.4) is 0 Å². The van der Waals surface area contributed by atoms with Crippen molar-refractivity contribution in [3.8, 4) is 34.4 Å². The smallest absolute Gasteiger partial charge is 0.265 e. The molecule has 0 saturated heterocycles. The molecule has 6 aromatic rings. The molecule has 0 atom stereocenters. The molecule has 3 heterocycles. The molecule has 5 nitrogen and oxygen atoms in total. The molecule has 2 aliphatic heterocycles. The largest absolute Gasteiger partial charge is 0.440 e. The molecule has 2 aliphatic carbocycles. The van der Waals surface area contributed by atoms with Crippen molar-refractivity contribution in [1.82, 2.24) is 9.97 Å². The molecule has 4 aliphatic rings. The third kappa shape index (κ3) is 4.30. The molecule has 5 aromatic carbocycles. The summed E-state index contributed by atoms with van der Waals surface area (Å²) in [6, 6.07) is 35.3. The van der Waals surface area contributed by atoms with Crippen LogP contribution in [0.5, 0.6) is 23.3 Å². The lowest BCUT2D eigenvalue weighted by atomic mass is 9.34. The molecule has 256 valence electrons. The minimum atomic E-state index is -0.253. The molecule has 1 aromatic heterocycles. The predicted molar refractivity (Wildman–Crippen MR) is 212 cm³/mol. The molecule has 6 heteroatoms. The van der Waals surface area contributed by atoms with E-state index in [4.69, 9.17) is 14.5 Å². The lowest BCUT2D eigenvalue weighted by Crippen LogP contribution is -2.58. The second-order valence-corrected chi connectivity index (χ2v) is 16.9. The first-order valence-corrected chi connectivity index (χ1v) is 18.6. The van der Waals surface area contributed by atoms with Crippen LogP contribution in [-0.4, -0.2) is 16.7 Å². The van der Waals surface area contributed by atoms with Gasteiger partial charge < -0.3 is 14.4 Å². The maximum absolute atomic E-state index is 6.75. The van der Waals surface area contributed by atoms with Crippen molar-refractivity contribution >= 4 is 40.2 Å². The van der Waals surface area contributed by atoms with Gasteiger partial charge in [-0.1, -0.05) is 96.1 Å². The van der Waals surface area contributed by atoms with Gasteiger partial charge in [0.2, 0.25) is 11.8 Å². The Morgan fingerprint density at radius 3 is 1.92 bits per heavy atom. The summed E-state index contributed by atoms with van der Waals surface area (Å²) in [4.78, 5) is 11.7. The number of fused-ring (bicyclic) bond motifs is 8. The van der Waals surface area contributed by atoms with Crippen LogP contribution in [-0.2, 0) is 16.2 Å². The van der Waals surface area contributed by atoms with Gasteiger partial charge in [-0.25, -0.2) is 9.97 Å². The van der Waals surface area contributed by atoms with Crippen LogP contribution >= 0.6 is 0 Å². The van der Waals surface area contributed by atoms with E-state index < -0.39 is 0 Å². The third-order valence-electron chi connectivity index (χ3n) is 12.5. The van der Waals surface area contributed by atoms with Crippen molar-refractivity contribution in [1.29, 1.82) is 0 Å². The Hall–Kier alpha value is -5.36. The molecule has 0 N–H and O–H groups in total. The van der Waals surface area contributed by atoms with Crippen molar-refractivity contribution in [2.45, 2.75) is 77.6 Å². The molecule has 0 fully saturated rings. The highest BCUT2D eigenvalue weighted by molar-refractivity contribution is 6.98. The SMILES string of the molecule is Cc1c2c(cc3c1C(C)(C)CCC3(C)C)B1c3cc4c(cc3Oc3ncnc(c31)O2)-c1ccc(N(c2ccccc2)c2ccccc2)cc1C4(C)C. The number of benzene rings is 5. The van der Waals surface area contributed by atoms with Crippen LogP contribution in [0.4, 0.5) is 17.1 Å². The Kier molecular flexibility index (Phi) is 6.40. The van der Waals surface area contributed by atoms with Gasteiger partial charge in [-0.05, 0) is 123 Å². The average Bonchev–Trinajstić information content (AvgIpc) is 3.35. The summed E-state index contributed by atoms with van der Waals surface area (Å²) in [6.45, 7) is 16.4. The van der Waals surface area contributed by atoms with Gasteiger partial charge in [0.15, 0.2) is 0 Å². The van der Waals surface area contributed by atoms with Crippen LogP contribution in [0.1, 0.15) is 82.2 Å². The first-order chi connectivity index (χ1) is 24.9. The highest BCUT2D eigenvalue weighted by Crippen LogP contribution is 2.53. The fourth-order valence-corrected chi connectivity index (χ4v) is 9.74. The fourth-order valence-electron chi connectivity index (χ4n) is 9.74. The zero-order valence-corrected chi connectivity index (χ0v) is 31.0. The number of hydrogen-bond acceptors (Lipinski definition) is 5. The number of hydrogen-bond donors (Lipinski definition) is 0. The van der Waals surface area contributed by atoms with Crippen molar-refractivity contribution < 1.29 is 9.47 Å². The molecular weight excluding hydrogens is 637 g/mol. The second kappa shape index (κ2) is 10.6. The molecule has 0 amide bonds. The molecule has 0 bridgehead atoms. The summed E-state index contributed by atoms with van der Waals surface area (Å²) >= 11 is 0. The molecule has 0 unspecified atom stereocenters. The van der Waals surface area contributed by atoms with Crippen LogP contribution in [0.15, 0.2) is 103 Å². The van der Waals surface area contributed by atoms with E-state index in [1.54, 1.807) is 6.33 Å². The fraction of sp³-hybridized carbons (Fsp3) is 0.261. The summed E-state index contributed by atoms with van der Waals surface area (Å²) in [7, 11) is 0. The minimum Gasteiger partial charge on any atom is -0.440 e. The monoisotopic (exact) mass is 679 g/mol. The summed E-state index contributed by atoms with van der Waals surface area (Å²) in [5, 5.41) is 0. The molecule has 52 heavy (non-hydrogen) atoms. The van der Waals surface area contributed by atoms with Gasteiger partial charge in [-0.15, -0.1) is 0 Å². The van der Waals surface area contributed by atoms with Crippen molar-refractivity contribution in [2.75, 3.05) is 4.90 Å². The van der Waals surface area contributed by atoms with Gasteiger partial charge in [0.05, 0.1) is 5.46 Å². The van der Waals surface area contributed by atoms with E-state index in [1.807, 2.05) is 0 Å². The second-order valence-electron chi connectivity index (χ2n) is 16.9. The minimum absolute atomic E-state index is 0.0571. The lowest BCUT2D eigenvalue weighted by molar-refractivity contribution is 0.328. The number of ether oxygens (including phenoxy) is 2. The summed E-state index contributed by atoms with van der Waals surface area (Å²) in [6.07, 6.45) is 3.86. The van der Waals surface area contributed by atoms with Gasteiger partial charge >= 0.3 is 0 Å². The first-order valence-electron chi connectivity index (χ1n) is 18.6. The standard InChI is InChI=1S/C46H42BN3O2/c1-27-39-35(44(2,3)20-21-45(39,4)5)25-37-41(27)52-43-40-42(48-26-49-43)51-38-23-32-31-19-18-30(22-33(31)46(6,7)34(32)24-36(38)47(37)40)50(28-14-10-8-11-15-28)29-16-12-9-13-17-29/h8-19,22-26H,20-21H2,1-7H3. The lowest BCUT2D eigenvalue weighted by Gasteiger charge is -2.44. The number of para-hydroxylation sites is 2. The normalized spacial score (nSPS) is 17.3. The van der Waals surface area contributed by atoms with E-state index in [0.717, 1.165) is 52.3 Å². The maximum Gasteiger partial charge on any atom is 0.265 e. The highest BCUT2D eigenvalue weighted by atomic mass is 16.5. The van der Waals surface area contributed by atoms with Crippen molar-refractivity contribution in [3.63, 3.8) is 0 Å². The van der Waals surface area contributed by atoms with Gasteiger partial charge in [-0.3, -0.25) is 0 Å². The highest BCUT2D eigenvalue weighted by Gasteiger charge is 2.48. The van der Waals surface area contributed by atoms with E-state index >= 15 is 0 Å². The van der Waals surface area contributed by atoms with Gasteiger partial charge in [0.1, 0.15) is 17.8 Å². The zero-order chi connectivity index (χ0) is 35.7. The Labute approximate surface area is 306 Å². The van der Waals surface area contributed by atoms with Crippen molar-refractivity contribution in [3.05, 3.63) is 131 Å². The first kappa shape index (κ1) is 31.4. The molecular formula is C46H42BN3O2. The van der Waals surface area contributed by atoms with Crippen LogP contribution in [0, 0.1) is 6.92 Å². The van der Waals surface area contributed by atoms with E-state index in [9.17, 15) is 0 Å². The topological polar surface area (TPSA) is 47.5 Å². The van der Waals surface area contributed by atoms with Crippen LogP contribution in [0.25, 0.3) is 11.1 Å². The van der Waals surface area contributed by atoms with E-state index in [2.05, 4.69) is 155 Å². The molecule has 0 saturated carbocycles. The van der Waals surface area contributed by atoms with E-state index in [1.165, 1.54) is 44.4 Å². The van der Waals surface area contributed by atoms with Crippen LogP contribution in [0.2, 0.25) is 0 Å². The number of aromatic nitrogens is 2. The average molecular weight is 680 g/mol. The van der Waals surface area contributed by atoms with Crippen LogP contribution < -0.4 is 30.8 Å². The van der Waals surface area contributed by atoms with Crippen molar-refractivity contribution in [2.24, 2.45) is 0 Å². The Morgan fingerprint density at radius 1 is 0.615 bits per heavy atom. The molecule has 0 radical (unpaired) electrons. The molecule has 0 spiro atoms. The van der Waals surface area contributed by atoms with E-state index in [-0.39, 0.29) is 23.0 Å². The number of rotatable bonds is 3. The number of nitrogens with zero attached hydrogens (tertiary/aromatic N) is 3. The maximum atomic E-state index is 6.75.